The predicted molar refractivity (Wildman–Crippen MR) is 89.5 cm³/mol. The van der Waals surface area contributed by atoms with E-state index >= 15 is 0 Å². The molecule has 7 heteroatoms. The molecule has 6 nitrogen and oxygen atoms in total. The number of hydrogen-bond donors (Lipinski definition) is 2. The van der Waals surface area contributed by atoms with Crippen molar-refractivity contribution in [2.45, 2.75) is 6.42 Å². The van der Waals surface area contributed by atoms with Crippen molar-refractivity contribution < 1.29 is 19.1 Å². The van der Waals surface area contributed by atoms with Crippen LogP contribution in [0.4, 0.5) is 11.4 Å². The number of amides is 2. The van der Waals surface area contributed by atoms with Gasteiger partial charge in [-0.3, -0.25) is 9.59 Å². The number of benzene rings is 2. The number of carbonyl (C=O) groups is 3. The maximum absolute atomic E-state index is 12.4. The average molecular weight is 345 g/mol. The lowest BCUT2D eigenvalue weighted by Crippen LogP contribution is -2.13. The van der Waals surface area contributed by atoms with Crippen LogP contribution < -0.4 is 10.6 Å². The molecule has 0 spiro atoms. The van der Waals surface area contributed by atoms with E-state index in [4.69, 9.17) is 11.6 Å². The molecule has 0 aliphatic carbocycles. The number of nitrogens with one attached hydrogen (secondary N) is 2. The Bertz CT molecular complexity index is 864. The van der Waals surface area contributed by atoms with E-state index in [9.17, 15) is 14.4 Å². The Morgan fingerprint density at radius 1 is 1.17 bits per heavy atom. The van der Waals surface area contributed by atoms with Crippen LogP contribution in [0.3, 0.4) is 0 Å². The highest BCUT2D eigenvalue weighted by molar-refractivity contribution is 6.34. The van der Waals surface area contributed by atoms with Gasteiger partial charge in [0.2, 0.25) is 5.91 Å². The molecule has 1 heterocycles. The Hall–Kier alpha value is -2.86. The van der Waals surface area contributed by atoms with Gasteiger partial charge < -0.3 is 15.4 Å². The molecule has 2 aromatic rings. The number of fused-ring (bicyclic) bond motifs is 1. The minimum Gasteiger partial charge on any atom is -0.465 e. The van der Waals surface area contributed by atoms with Crippen LogP contribution in [0.2, 0.25) is 5.02 Å². The van der Waals surface area contributed by atoms with Gasteiger partial charge in [0.15, 0.2) is 0 Å². The highest BCUT2D eigenvalue weighted by atomic mass is 35.5. The van der Waals surface area contributed by atoms with Gasteiger partial charge in [-0.25, -0.2) is 4.79 Å². The Morgan fingerprint density at radius 3 is 2.67 bits per heavy atom. The first-order chi connectivity index (χ1) is 11.5. The smallest absolute Gasteiger partial charge is 0.337 e. The maximum Gasteiger partial charge on any atom is 0.337 e. The van der Waals surface area contributed by atoms with Gasteiger partial charge >= 0.3 is 5.97 Å². The van der Waals surface area contributed by atoms with Crippen molar-refractivity contribution in [1.82, 2.24) is 0 Å². The van der Waals surface area contributed by atoms with Crippen molar-refractivity contribution in [1.29, 1.82) is 0 Å². The molecule has 1 aliphatic rings. The monoisotopic (exact) mass is 344 g/mol. The number of methoxy groups -OCH3 is 1. The van der Waals surface area contributed by atoms with Gasteiger partial charge in [-0.2, -0.15) is 0 Å². The zero-order valence-electron chi connectivity index (χ0n) is 12.7. The summed E-state index contributed by atoms with van der Waals surface area (Å²) in [7, 11) is 1.27. The Morgan fingerprint density at radius 2 is 1.92 bits per heavy atom. The lowest BCUT2D eigenvalue weighted by Gasteiger charge is -2.10. The number of anilines is 2. The number of carbonyl (C=O) groups excluding carboxylic acids is 3. The van der Waals surface area contributed by atoms with E-state index < -0.39 is 5.97 Å². The minimum atomic E-state index is -0.524. The third kappa shape index (κ3) is 3.09. The van der Waals surface area contributed by atoms with Crippen molar-refractivity contribution in [3.63, 3.8) is 0 Å². The number of ether oxygens (including phenoxy) is 1. The number of halogens is 1. The van der Waals surface area contributed by atoms with Gasteiger partial charge in [0.1, 0.15) is 0 Å². The van der Waals surface area contributed by atoms with Crippen molar-refractivity contribution in [2.75, 3.05) is 17.7 Å². The average Bonchev–Trinajstić information content (AvgIpc) is 2.95. The number of hydrogen-bond acceptors (Lipinski definition) is 4. The fourth-order valence-electron chi connectivity index (χ4n) is 2.43. The Balaban J connectivity index is 1.84. The first-order valence-corrected chi connectivity index (χ1v) is 7.47. The zero-order chi connectivity index (χ0) is 17.3. The number of rotatable bonds is 3. The van der Waals surface area contributed by atoms with E-state index in [0.717, 1.165) is 5.56 Å². The molecule has 0 saturated carbocycles. The highest BCUT2D eigenvalue weighted by Crippen LogP contribution is 2.26. The molecule has 122 valence electrons. The van der Waals surface area contributed by atoms with Crippen LogP contribution in [0.5, 0.6) is 0 Å². The minimum absolute atomic E-state index is 0.101. The van der Waals surface area contributed by atoms with Crippen molar-refractivity contribution in [3.8, 4) is 0 Å². The lowest BCUT2D eigenvalue weighted by atomic mass is 10.1. The first-order valence-electron chi connectivity index (χ1n) is 7.10. The zero-order valence-corrected chi connectivity index (χ0v) is 13.4. The third-order valence-corrected chi connectivity index (χ3v) is 3.96. The van der Waals surface area contributed by atoms with Crippen LogP contribution in [0.15, 0.2) is 36.4 Å². The molecule has 0 fully saturated rings. The lowest BCUT2D eigenvalue weighted by molar-refractivity contribution is -0.115. The fourth-order valence-corrected chi connectivity index (χ4v) is 2.60. The third-order valence-electron chi connectivity index (χ3n) is 3.63. The molecule has 0 unspecified atom stereocenters. The van der Waals surface area contributed by atoms with Gasteiger partial charge in [0.25, 0.3) is 5.91 Å². The van der Waals surface area contributed by atoms with Gasteiger partial charge in [0.05, 0.1) is 29.8 Å². The van der Waals surface area contributed by atoms with Crippen molar-refractivity contribution in [2.24, 2.45) is 0 Å². The normalized spacial score (nSPS) is 12.3. The van der Waals surface area contributed by atoms with Gasteiger partial charge in [0, 0.05) is 11.3 Å². The Labute approximate surface area is 142 Å². The summed E-state index contributed by atoms with van der Waals surface area (Å²) in [6.45, 7) is 0. The fraction of sp³-hybridized carbons (Fsp3) is 0.118. The SMILES string of the molecule is COC(=O)c1ccc(Cl)c(NC(=O)c2ccc3c(c2)CC(=O)N3)c1. The van der Waals surface area contributed by atoms with E-state index in [2.05, 4.69) is 15.4 Å². The molecule has 2 amide bonds. The molecular formula is C17H13ClN2O4. The van der Waals surface area contributed by atoms with Crippen LogP contribution in [-0.4, -0.2) is 24.9 Å². The molecule has 0 saturated heterocycles. The standard InChI is InChI=1S/C17H13ClN2O4/c1-24-17(23)10-2-4-12(18)14(7-10)20-16(22)9-3-5-13-11(6-9)8-15(21)19-13/h2-7H,8H2,1H3,(H,19,21)(H,20,22). The second-order valence-electron chi connectivity index (χ2n) is 5.24. The highest BCUT2D eigenvalue weighted by Gasteiger charge is 2.19. The summed E-state index contributed by atoms with van der Waals surface area (Å²) in [6.07, 6.45) is 0.245. The first kappa shape index (κ1) is 16.0. The molecule has 0 bridgehead atoms. The van der Waals surface area contributed by atoms with Crippen LogP contribution in [0.25, 0.3) is 0 Å². The van der Waals surface area contributed by atoms with E-state index in [1.54, 1.807) is 18.2 Å². The van der Waals surface area contributed by atoms with Crippen molar-refractivity contribution in [3.05, 3.63) is 58.1 Å². The van der Waals surface area contributed by atoms with Crippen LogP contribution in [0.1, 0.15) is 26.3 Å². The van der Waals surface area contributed by atoms with Crippen LogP contribution in [-0.2, 0) is 16.0 Å². The molecule has 0 radical (unpaired) electrons. The molecule has 0 atom stereocenters. The summed E-state index contributed by atoms with van der Waals surface area (Å²) in [4.78, 5) is 35.4. The van der Waals surface area contributed by atoms with Gasteiger partial charge in [-0.1, -0.05) is 11.6 Å². The summed E-state index contributed by atoms with van der Waals surface area (Å²) >= 11 is 6.07. The summed E-state index contributed by atoms with van der Waals surface area (Å²) in [5.74, 6) is -1.01. The molecule has 1 aliphatic heterocycles. The van der Waals surface area contributed by atoms with Crippen molar-refractivity contribution >= 4 is 40.8 Å². The molecule has 0 aromatic heterocycles. The molecule has 3 rings (SSSR count). The quantitative estimate of drug-likeness (QED) is 0.838. The van der Waals surface area contributed by atoms with Crippen LogP contribution >= 0.6 is 11.6 Å². The predicted octanol–water partition coefficient (Wildman–Crippen LogP) is 2.87. The summed E-state index contributed by atoms with van der Waals surface area (Å²) in [5, 5.41) is 5.67. The van der Waals surface area contributed by atoms with E-state index in [1.807, 2.05) is 0 Å². The van der Waals surface area contributed by atoms with Gasteiger partial charge in [-0.05, 0) is 42.0 Å². The van der Waals surface area contributed by atoms with Crippen LogP contribution in [0, 0.1) is 0 Å². The topological polar surface area (TPSA) is 84.5 Å². The molecule has 2 N–H and O–H groups in total. The van der Waals surface area contributed by atoms with E-state index in [-0.39, 0.29) is 23.8 Å². The van der Waals surface area contributed by atoms with E-state index in [0.29, 0.717) is 22.0 Å². The largest absolute Gasteiger partial charge is 0.465 e. The summed E-state index contributed by atoms with van der Waals surface area (Å²) in [5.41, 5.74) is 2.45. The van der Waals surface area contributed by atoms with Gasteiger partial charge in [-0.15, -0.1) is 0 Å². The second-order valence-corrected chi connectivity index (χ2v) is 5.64. The van der Waals surface area contributed by atoms with E-state index in [1.165, 1.54) is 25.3 Å². The molecule has 2 aromatic carbocycles. The second kappa shape index (κ2) is 6.33. The maximum atomic E-state index is 12.4. The molecular weight excluding hydrogens is 332 g/mol. The summed E-state index contributed by atoms with van der Waals surface area (Å²) in [6, 6.07) is 9.41. The Kier molecular flexibility index (Phi) is 4.22. The molecule has 24 heavy (non-hydrogen) atoms. The summed E-state index contributed by atoms with van der Waals surface area (Å²) < 4.78 is 4.65. The number of esters is 1.